The van der Waals surface area contributed by atoms with Crippen LogP contribution in [0.4, 0.5) is 17.1 Å². The van der Waals surface area contributed by atoms with Gasteiger partial charge in [-0.2, -0.15) is 0 Å². The number of carbonyl (C=O) groups excluding carboxylic acids is 1. The third-order valence-electron chi connectivity index (χ3n) is 3.05. The second-order valence-electron chi connectivity index (χ2n) is 4.62. The molecule has 0 aromatic heterocycles. The van der Waals surface area contributed by atoms with E-state index in [1.807, 2.05) is 0 Å². The van der Waals surface area contributed by atoms with Crippen LogP contribution in [0.25, 0.3) is 0 Å². The van der Waals surface area contributed by atoms with E-state index in [2.05, 4.69) is 10.6 Å². The second-order valence-corrected chi connectivity index (χ2v) is 5.06. The monoisotopic (exact) mass is 319 g/mol. The van der Waals surface area contributed by atoms with Gasteiger partial charge >= 0.3 is 0 Å². The quantitative estimate of drug-likeness (QED) is 0.651. The van der Waals surface area contributed by atoms with Crippen LogP contribution in [0.5, 0.6) is 0 Å². The van der Waals surface area contributed by atoms with Crippen LogP contribution < -0.4 is 10.6 Å². The maximum Gasteiger partial charge on any atom is 0.274 e. The van der Waals surface area contributed by atoms with Crippen molar-refractivity contribution in [1.29, 1.82) is 0 Å². The number of anilines is 2. The summed E-state index contributed by atoms with van der Waals surface area (Å²) < 4.78 is 0. The van der Waals surface area contributed by atoms with Gasteiger partial charge in [0.2, 0.25) is 5.91 Å². The zero-order chi connectivity index (χ0) is 16.1. The molecule has 2 aromatic rings. The normalized spacial score (nSPS) is 10.1. The number of halogens is 1. The van der Waals surface area contributed by atoms with E-state index in [0.29, 0.717) is 22.0 Å². The van der Waals surface area contributed by atoms with Gasteiger partial charge in [-0.1, -0.05) is 23.7 Å². The molecule has 2 N–H and O–H groups in total. The molecular weight excluding hydrogens is 306 g/mol. The Balaban J connectivity index is 2.00. The van der Waals surface area contributed by atoms with Gasteiger partial charge in [0.1, 0.15) is 0 Å². The van der Waals surface area contributed by atoms with Crippen molar-refractivity contribution in [2.45, 2.75) is 6.92 Å². The topological polar surface area (TPSA) is 84.3 Å². The average Bonchev–Trinajstić information content (AvgIpc) is 2.46. The Hall–Kier alpha value is -2.60. The van der Waals surface area contributed by atoms with Crippen molar-refractivity contribution < 1.29 is 9.72 Å². The highest BCUT2D eigenvalue weighted by molar-refractivity contribution is 6.30. The Morgan fingerprint density at radius 3 is 2.68 bits per heavy atom. The van der Waals surface area contributed by atoms with Crippen LogP contribution in [0.2, 0.25) is 5.02 Å². The Bertz CT molecular complexity index is 719. The Morgan fingerprint density at radius 2 is 2.00 bits per heavy atom. The molecule has 0 saturated heterocycles. The fourth-order valence-corrected chi connectivity index (χ4v) is 2.15. The van der Waals surface area contributed by atoms with E-state index in [1.54, 1.807) is 43.3 Å². The molecule has 114 valence electrons. The highest BCUT2D eigenvalue weighted by Gasteiger charge is 2.13. The first-order valence-electron chi connectivity index (χ1n) is 6.50. The predicted octanol–water partition coefficient (Wildman–Crippen LogP) is 3.61. The second kappa shape index (κ2) is 6.91. The summed E-state index contributed by atoms with van der Waals surface area (Å²) in [5.74, 6) is -0.270. The number of nitro benzene ring substituents is 1. The number of hydrogen-bond acceptors (Lipinski definition) is 4. The van der Waals surface area contributed by atoms with Crippen molar-refractivity contribution in [2.75, 3.05) is 17.2 Å². The molecular formula is C15H14ClN3O3. The van der Waals surface area contributed by atoms with E-state index in [9.17, 15) is 14.9 Å². The maximum atomic E-state index is 11.9. The van der Waals surface area contributed by atoms with Crippen molar-refractivity contribution in [3.63, 3.8) is 0 Å². The summed E-state index contributed by atoms with van der Waals surface area (Å²) in [6.07, 6.45) is 0. The smallest absolute Gasteiger partial charge is 0.274 e. The Morgan fingerprint density at radius 1 is 1.27 bits per heavy atom. The summed E-state index contributed by atoms with van der Waals surface area (Å²) in [6.45, 7) is 1.63. The van der Waals surface area contributed by atoms with E-state index in [0.717, 1.165) is 0 Å². The third-order valence-corrected chi connectivity index (χ3v) is 3.28. The minimum atomic E-state index is -0.452. The summed E-state index contributed by atoms with van der Waals surface area (Å²) in [5, 5.41) is 17.0. The van der Waals surface area contributed by atoms with Crippen molar-refractivity contribution in [3.05, 3.63) is 63.2 Å². The zero-order valence-electron chi connectivity index (χ0n) is 11.8. The van der Waals surface area contributed by atoms with Gasteiger partial charge in [0.25, 0.3) is 5.69 Å². The van der Waals surface area contributed by atoms with Crippen LogP contribution in [0, 0.1) is 17.0 Å². The predicted molar refractivity (Wildman–Crippen MR) is 86.4 cm³/mol. The number of carbonyl (C=O) groups is 1. The molecule has 1 amide bonds. The molecule has 0 radical (unpaired) electrons. The fraction of sp³-hybridized carbons (Fsp3) is 0.133. The van der Waals surface area contributed by atoms with Crippen LogP contribution in [-0.2, 0) is 4.79 Å². The average molecular weight is 320 g/mol. The van der Waals surface area contributed by atoms with E-state index in [4.69, 9.17) is 11.6 Å². The molecule has 0 heterocycles. The lowest BCUT2D eigenvalue weighted by atomic mass is 10.1. The van der Waals surface area contributed by atoms with Crippen LogP contribution in [-0.4, -0.2) is 17.4 Å². The molecule has 0 aliphatic carbocycles. The summed E-state index contributed by atoms with van der Waals surface area (Å²) in [4.78, 5) is 22.3. The molecule has 0 aliphatic heterocycles. The van der Waals surface area contributed by atoms with Crippen LogP contribution >= 0.6 is 11.6 Å². The summed E-state index contributed by atoms with van der Waals surface area (Å²) in [7, 11) is 0. The molecule has 2 aromatic carbocycles. The minimum Gasteiger partial charge on any atom is -0.376 e. The molecule has 0 spiro atoms. The summed E-state index contributed by atoms with van der Waals surface area (Å²) in [5.41, 5.74) is 1.65. The molecule has 0 atom stereocenters. The molecule has 0 fully saturated rings. The number of hydrogen-bond donors (Lipinski definition) is 2. The molecule has 2 rings (SSSR count). The van der Waals surface area contributed by atoms with Gasteiger partial charge in [0.15, 0.2) is 0 Å². The molecule has 0 bridgehead atoms. The number of benzene rings is 2. The number of rotatable bonds is 5. The maximum absolute atomic E-state index is 11.9. The zero-order valence-corrected chi connectivity index (χ0v) is 12.6. The van der Waals surface area contributed by atoms with Crippen molar-refractivity contribution >= 4 is 34.6 Å². The van der Waals surface area contributed by atoms with Gasteiger partial charge in [0, 0.05) is 28.0 Å². The van der Waals surface area contributed by atoms with Gasteiger partial charge in [-0.25, -0.2) is 0 Å². The van der Waals surface area contributed by atoms with Gasteiger partial charge in [-0.3, -0.25) is 14.9 Å². The third kappa shape index (κ3) is 3.95. The first kappa shape index (κ1) is 15.8. The lowest BCUT2D eigenvalue weighted by Gasteiger charge is -2.10. The number of amides is 1. The van der Waals surface area contributed by atoms with Gasteiger partial charge in [-0.15, -0.1) is 0 Å². The van der Waals surface area contributed by atoms with Crippen molar-refractivity contribution in [2.24, 2.45) is 0 Å². The molecule has 7 heteroatoms. The van der Waals surface area contributed by atoms with Gasteiger partial charge in [-0.05, 0) is 31.2 Å². The summed E-state index contributed by atoms with van der Waals surface area (Å²) >= 11 is 5.84. The SMILES string of the molecule is Cc1c(NCC(=O)Nc2cccc(Cl)c2)cccc1[N+](=O)[O-]. The van der Waals surface area contributed by atoms with Crippen molar-refractivity contribution in [1.82, 2.24) is 0 Å². The van der Waals surface area contributed by atoms with Gasteiger partial charge in [0.05, 0.1) is 11.5 Å². The van der Waals surface area contributed by atoms with E-state index < -0.39 is 4.92 Å². The van der Waals surface area contributed by atoms with Crippen molar-refractivity contribution in [3.8, 4) is 0 Å². The fourth-order valence-electron chi connectivity index (χ4n) is 1.96. The Labute approximate surface area is 132 Å². The largest absolute Gasteiger partial charge is 0.376 e. The molecule has 22 heavy (non-hydrogen) atoms. The van der Waals surface area contributed by atoms with E-state index in [-0.39, 0.29) is 18.1 Å². The highest BCUT2D eigenvalue weighted by atomic mass is 35.5. The van der Waals surface area contributed by atoms with E-state index in [1.165, 1.54) is 6.07 Å². The number of nitrogens with one attached hydrogen (secondary N) is 2. The molecule has 0 saturated carbocycles. The molecule has 6 nitrogen and oxygen atoms in total. The van der Waals surface area contributed by atoms with E-state index >= 15 is 0 Å². The Kier molecular flexibility index (Phi) is 4.95. The number of nitro groups is 1. The molecule has 0 unspecified atom stereocenters. The summed E-state index contributed by atoms with van der Waals surface area (Å²) in [6, 6.07) is 11.5. The van der Waals surface area contributed by atoms with Crippen LogP contribution in [0.15, 0.2) is 42.5 Å². The lowest BCUT2D eigenvalue weighted by Crippen LogP contribution is -2.22. The van der Waals surface area contributed by atoms with Crippen LogP contribution in [0.3, 0.4) is 0 Å². The first-order chi connectivity index (χ1) is 10.5. The van der Waals surface area contributed by atoms with Gasteiger partial charge < -0.3 is 10.6 Å². The number of nitrogens with zero attached hydrogens (tertiary/aromatic N) is 1. The molecule has 0 aliphatic rings. The first-order valence-corrected chi connectivity index (χ1v) is 6.88. The standard InChI is InChI=1S/C15H14ClN3O3/c1-10-13(6-3-7-14(10)19(21)22)17-9-15(20)18-12-5-2-4-11(16)8-12/h2-8,17H,9H2,1H3,(H,18,20). The van der Waals surface area contributed by atoms with Crippen LogP contribution in [0.1, 0.15) is 5.56 Å². The lowest BCUT2D eigenvalue weighted by molar-refractivity contribution is -0.385. The minimum absolute atomic E-state index is 0.00544. The highest BCUT2D eigenvalue weighted by Crippen LogP contribution is 2.24.